The molecule has 1 saturated heterocycles. The third-order valence-corrected chi connectivity index (χ3v) is 6.58. The molecule has 0 aromatic rings. The summed E-state index contributed by atoms with van der Waals surface area (Å²) in [6, 6.07) is 0. The minimum absolute atomic E-state index is 0.0891. The van der Waals surface area contributed by atoms with Crippen LogP contribution < -0.4 is 0 Å². The highest BCUT2D eigenvalue weighted by atomic mass is 32.2. The molecule has 2 aliphatic carbocycles. The predicted molar refractivity (Wildman–Crippen MR) is 66.5 cm³/mol. The van der Waals surface area contributed by atoms with Crippen molar-refractivity contribution in [2.75, 3.05) is 11.5 Å². The van der Waals surface area contributed by atoms with Gasteiger partial charge in [0.1, 0.15) is 6.10 Å². The van der Waals surface area contributed by atoms with Gasteiger partial charge in [-0.2, -0.15) is 0 Å². The zero-order valence-corrected chi connectivity index (χ0v) is 11.3. The highest BCUT2D eigenvalue weighted by Crippen LogP contribution is 2.56. The Kier molecular flexibility index (Phi) is 2.59. The summed E-state index contributed by atoms with van der Waals surface area (Å²) in [5.74, 6) is 1.52. The van der Waals surface area contributed by atoms with Crippen LogP contribution in [0, 0.1) is 23.7 Å². The van der Waals surface area contributed by atoms with E-state index in [9.17, 15) is 13.2 Å². The zero-order valence-electron chi connectivity index (χ0n) is 10.5. The average molecular weight is 270 g/mol. The molecule has 1 heterocycles. The molecule has 0 amide bonds. The number of ether oxygens (including phenoxy) is 1. The van der Waals surface area contributed by atoms with Gasteiger partial charge in [-0.3, -0.25) is 0 Å². The fourth-order valence-corrected chi connectivity index (χ4v) is 6.40. The third-order valence-electron chi connectivity index (χ3n) is 4.79. The van der Waals surface area contributed by atoms with Gasteiger partial charge in [0.05, 0.1) is 11.5 Å². The summed E-state index contributed by atoms with van der Waals surface area (Å²) < 4.78 is 28.8. The Balaban J connectivity index is 1.74. The Hall–Kier alpha value is -0.840. The summed E-state index contributed by atoms with van der Waals surface area (Å²) in [5.41, 5.74) is 0.411. The van der Waals surface area contributed by atoms with Crippen molar-refractivity contribution in [3.05, 3.63) is 12.2 Å². The number of rotatable bonds is 2. The molecular weight excluding hydrogens is 252 g/mol. The second kappa shape index (κ2) is 3.83. The van der Waals surface area contributed by atoms with Gasteiger partial charge in [0, 0.05) is 11.5 Å². The molecule has 3 rings (SSSR count). The number of carbonyl (C=O) groups is 1. The number of carbonyl (C=O) groups excluding carboxylic acids is 1. The molecule has 4 nitrogen and oxygen atoms in total. The SMILES string of the molecule is C=C(C)C(=O)OC1CC2CC1C1CS(=O)(=O)CC21. The topological polar surface area (TPSA) is 60.4 Å². The number of sulfone groups is 1. The summed E-state index contributed by atoms with van der Waals surface area (Å²) in [6.45, 7) is 5.22. The molecule has 0 aromatic carbocycles. The fraction of sp³-hybridized carbons (Fsp3) is 0.769. The highest BCUT2D eigenvalue weighted by molar-refractivity contribution is 7.91. The van der Waals surface area contributed by atoms with Crippen LogP contribution in [0.15, 0.2) is 12.2 Å². The maximum atomic E-state index is 11.7. The maximum absolute atomic E-state index is 11.7. The molecular formula is C13H18O4S. The van der Waals surface area contributed by atoms with Crippen LogP contribution >= 0.6 is 0 Å². The Bertz CT molecular complexity index is 507. The van der Waals surface area contributed by atoms with E-state index in [2.05, 4.69) is 6.58 Å². The second-order valence-corrected chi connectivity index (χ2v) is 8.18. The van der Waals surface area contributed by atoms with Crippen LogP contribution in [0.4, 0.5) is 0 Å². The fourth-order valence-electron chi connectivity index (χ4n) is 4.07. The second-order valence-electron chi connectivity index (χ2n) is 6.02. The highest BCUT2D eigenvalue weighted by Gasteiger charge is 2.58. The standard InChI is InChI=1S/C13H18O4S/c1-7(2)13(14)17-12-4-8-3-9(12)11-6-18(15,16)5-10(8)11/h8-12H,1,3-6H2,2H3. The molecule has 100 valence electrons. The summed E-state index contributed by atoms with van der Waals surface area (Å²) in [4.78, 5) is 11.6. The largest absolute Gasteiger partial charge is 0.459 e. The van der Waals surface area contributed by atoms with Gasteiger partial charge >= 0.3 is 5.97 Å². The van der Waals surface area contributed by atoms with Gasteiger partial charge in [-0.25, -0.2) is 13.2 Å². The van der Waals surface area contributed by atoms with Crippen molar-refractivity contribution in [1.82, 2.24) is 0 Å². The lowest BCUT2D eigenvalue weighted by atomic mass is 9.80. The van der Waals surface area contributed by atoms with E-state index in [0.29, 0.717) is 28.9 Å². The van der Waals surface area contributed by atoms with Crippen molar-refractivity contribution in [3.63, 3.8) is 0 Å². The smallest absolute Gasteiger partial charge is 0.333 e. The molecule has 1 aliphatic heterocycles. The summed E-state index contributed by atoms with van der Waals surface area (Å²) in [7, 11) is -2.86. The number of esters is 1. The predicted octanol–water partition coefficient (Wildman–Crippen LogP) is 1.17. The van der Waals surface area contributed by atoms with E-state index < -0.39 is 9.84 Å². The van der Waals surface area contributed by atoms with Crippen molar-refractivity contribution in [2.45, 2.75) is 25.9 Å². The molecule has 2 bridgehead atoms. The first-order chi connectivity index (χ1) is 8.37. The van der Waals surface area contributed by atoms with Crippen molar-refractivity contribution in [1.29, 1.82) is 0 Å². The lowest BCUT2D eigenvalue weighted by Gasteiger charge is -2.30. The van der Waals surface area contributed by atoms with E-state index in [-0.39, 0.29) is 23.9 Å². The van der Waals surface area contributed by atoms with E-state index in [1.54, 1.807) is 6.92 Å². The Morgan fingerprint density at radius 2 is 1.83 bits per heavy atom. The summed E-state index contributed by atoms with van der Waals surface area (Å²) >= 11 is 0. The molecule has 2 saturated carbocycles. The quantitative estimate of drug-likeness (QED) is 0.558. The molecule has 0 aromatic heterocycles. The third kappa shape index (κ3) is 1.79. The minimum Gasteiger partial charge on any atom is -0.459 e. The molecule has 5 atom stereocenters. The molecule has 5 unspecified atom stereocenters. The van der Waals surface area contributed by atoms with E-state index in [4.69, 9.17) is 4.74 Å². The van der Waals surface area contributed by atoms with E-state index in [1.807, 2.05) is 0 Å². The van der Waals surface area contributed by atoms with Crippen molar-refractivity contribution in [2.24, 2.45) is 23.7 Å². The number of fused-ring (bicyclic) bond motifs is 5. The van der Waals surface area contributed by atoms with Gasteiger partial charge < -0.3 is 4.74 Å². The summed E-state index contributed by atoms with van der Waals surface area (Å²) in [5, 5.41) is 0. The van der Waals surface area contributed by atoms with Crippen LogP contribution in [0.5, 0.6) is 0 Å². The van der Waals surface area contributed by atoms with E-state index >= 15 is 0 Å². The van der Waals surface area contributed by atoms with Gasteiger partial charge in [-0.05, 0) is 37.5 Å². The Labute approximate surface area is 107 Å². The van der Waals surface area contributed by atoms with Crippen LogP contribution in [0.1, 0.15) is 19.8 Å². The molecule has 5 heteroatoms. The van der Waals surface area contributed by atoms with Gasteiger partial charge in [0.2, 0.25) is 0 Å². The monoisotopic (exact) mass is 270 g/mol. The lowest BCUT2D eigenvalue weighted by molar-refractivity contribution is -0.148. The van der Waals surface area contributed by atoms with Crippen LogP contribution in [0.25, 0.3) is 0 Å². The average Bonchev–Trinajstić information content (AvgIpc) is 2.85. The van der Waals surface area contributed by atoms with Crippen molar-refractivity contribution in [3.8, 4) is 0 Å². The van der Waals surface area contributed by atoms with Crippen molar-refractivity contribution < 1.29 is 17.9 Å². The summed E-state index contributed by atoms with van der Waals surface area (Å²) in [6.07, 6.45) is 1.77. The first-order valence-electron chi connectivity index (χ1n) is 6.44. The Morgan fingerprint density at radius 3 is 2.50 bits per heavy atom. The molecule has 18 heavy (non-hydrogen) atoms. The van der Waals surface area contributed by atoms with Gasteiger partial charge in [-0.1, -0.05) is 6.58 Å². The Morgan fingerprint density at radius 1 is 1.17 bits per heavy atom. The van der Waals surface area contributed by atoms with Gasteiger partial charge in [0.15, 0.2) is 9.84 Å². The molecule has 3 fully saturated rings. The van der Waals surface area contributed by atoms with Gasteiger partial charge in [-0.15, -0.1) is 0 Å². The first-order valence-corrected chi connectivity index (χ1v) is 8.26. The maximum Gasteiger partial charge on any atom is 0.333 e. The van der Waals surface area contributed by atoms with Crippen LogP contribution in [0.3, 0.4) is 0 Å². The van der Waals surface area contributed by atoms with Crippen LogP contribution in [-0.4, -0.2) is 32.0 Å². The molecule has 0 spiro atoms. The van der Waals surface area contributed by atoms with Gasteiger partial charge in [0.25, 0.3) is 0 Å². The van der Waals surface area contributed by atoms with E-state index in [0.717, 1.165) is 12.8 Å². The number of hydrogen-bond donors (Lipinski definition) is 0. The lowest BCUT2D eigenvalue weighted by Crippen LogP contribution is -2.33. The molecule has 0 radical (unpaired) electrons. The minimum atomic E-state index is -2.86. The van der Waals surface area contributed by atoms with Crippen LogP contribution in [0.2, 0.25) is 0 Å². The molecule has 3 aliphatic rings. The van der Waals surface area contributed by atoms with E-state index in [1.165, 1.54) is 0 Å². The molecule has 0 N–H and O–H groups in total. The number of hydrogen-bond acceptors (Lipinski definition) is 4. The normalized spacial score (nSPS) is 43.7. The van der Waals surface area contributed by atoms with Crippen molar-refractivity contribution >= 4 is 15.8 Å². The zero-order chi connectivity index (χ0) is 13.1. The first kappa shape index (κ1) is 12.2. The van der Waals surface area contributed by atoms with Crippen LogP contribution in [-0.2, 0) is 19.4 Å².